The first kappa shape index (κ1) is 13.8. The molecule has 0 aromatic carbocycles. The van der Waals surface area contributed by atoms with E-state index in [0.29, 0.717) is 11.8 Å². The van der Waals surface area contributed by atoms with Crippen molar-refractivity contribution in [1.29, 1.82) is 0 Å². The van der Waals surface area contributed by atoms with Crippen molar-refractivity contribution in [1.82, 2.24) is 0 Å². The quantitative estimate of drug-likeness (QED) is 0.760. The molecule has 0 saturated heterocycles. The molecular formula is C14H25NO3S. The van der Waals surface area contributed by atoms with Crippen LogP contribution in [-0.2, 0) is 10.1 Å². The van der Waals surface area contributed by atoms with Gasteiger partial charge in [-0.05, 0) is 74.5 Å². The van der Waals surface area contributed by atoms with Gasteiger partial charge in [-0.3, -0.25) is 4.55 Å². The summed E-state index contributed by atoms with van der Waals surface area (Å²) in [5, 5.41) is 0. The number of hydrogen-bond acceptors (Lipinski definition) is 3. The lowest BCUT2D eigenvalue weighted by Crippen LogP contribution is -2.48. The van der Waals surface area contributed by atoms with Gasteiger partial charge >= 0.3 is 0 Å². The van der Waals surface area contributed by atoms with Crippen LogP contribution in [0, 0.1) is 23.2 Å². The zero-order valence-electron chi connectivity index (χ0n) is 11.4. The van der Waals surface area contributed by atoms with Gasteiger partial charge in [-0.1, -0.05) is 0 Å². The van der Waals surface area contributed by atoms with Crippen molar-refractivity contribution >= 4 is 10.1 Å². The SMILES string of the molecule is NC(CCS(=O)(=O)O)CC12CC3CC(CC(C3)C1)C2. The Kier molecular flexibility index (Phi) is 3.43. The molecule has 0 amide bonds. The number of nitrogens with two attached hydrogens (primary N) is 1. The molecule has 110 valence electrons. The molecule has 4 saturated carbocycles. The molecule has 0 spiro atoms. The molecule has 0 aromatic heterocycles. The summed E-state index contributed by atoms with van der Waals surface area (Å²) in [6.07, 6.45) is 9.50. The maximum Gasteiger partial charge on any atom is 0.264 e. The second-order valence-electron chi connectivity index (χ2n) is 7.46. The van der Waals surface area contributed by atoms with Crippen LogP contribution in [0.5, 0.6) is 0 Å². The molecule has 0 radical (unpaired) electrons. The molecule has 3 N–H and O–H groups in total. The molecule has 4 rings (SSSR count). The highest BCUT2D eigenvalue weighted by atomic mass is 32.2. The lowest BCUT2D eigenvalue weighted by Gasteiger charge is -2.57. The van der Waals surface area contributed by atoms with E-state index < -0.39 is 10.1 Å². The van der Waals surface area contributed by atoms with Crippen LogP contribution in [0.3, 0.4) is 0 Å². The van der Waals surface area contributed by atoms with Crippen molar-refractivity contribution in [3.05, 3.63) is 0 Å². The van der Waals surface area contributed by atoms with Crippen LogP contribution in [0.15, 0.2) is 0 Å². The van der Waals surface area contributed by atoms with Crippen molar-refractivity contribution in [2.75, 3.05) is 5.75 Å². The molecule has 1 atom stereocenters. The van der Waals surface area contributed by atoms with E-state index in [1.807, 2.05) is 0 Å². The van der Waals surface area contributed by atoms with Gasteiger partial charge in [0.25, 0.3) is 10.1 Å². The largest absolute Gasteiger partial charge is 0.328 e. The third-order valence-corrected chi connectivity index (χ3v) is 6.36. The van der Waals surface area contributed by atoms with E-state index in [1.54, 1.807) is 0 Å². The molecule has 1 unspecified atom stereocenters. The third kappa shape index (κ3) is 3.14. The summed E-state index contributed by atoms with van der Waals surface area (Å²) in [6, 6.07) is -0.0850. The molecular weight excluding hydrogens is 262 g/mol. The van der Waals surface area contributed by atoms with Crippen molar-refractivity contribution in [2.24, 2.45) is 28.9 Å². The maximum atomic E-state index is 10.8. The Morgan fingerprint density at radius 3 is 2.00 bits per heavy atom. The van der Waals surface area contributed by atoms with Crippen LogP contribution in [0.4, 0.5) is 0 Å². The Bertz CT molecular complexity index is 410. The highest BCUT2D eigenvalue weighted by Gasteiger charge is 2.50. The smallest absolute Gasteiger partial charge is 0.264 e. The normalized spacial score (nSPS) is 42.5. The summed E-state index contributed by atoms with van der Waals surface area (Å²) in [4.78, 5) is 0. The summed E-state index contributed by atoms with van der Waals surface area (Å²) in [5.74, 6) is 2.51. The molecule has 0 aliphatic heterocycles. The fourth-order valence-corrected chi connectivity index (χ4v) is 6.10. The monoisotopic (exact) mass is 287 g/mol. The standard InChI is InChI=1S/C14H25NO3S/c15-13(1-2-19(16,17)18)9-14-6-10-3-11(7-14)5-12(4-10)8-14/h10-13H,1-9,15H2,(H,16,17,18). The first-order valence-corrected chi connectivity index (χ1v) is 9.15. The highest BCUT2D eigenvalue weighted by molar-refractivity contribution is 7.85. The van der Waals surface area contributed by atoms with Crippen LogP contribution in [0.2, 0.25) is 0 Å². The Morgan fingerprint density at radius 1 is 1.11 bits per heavy atom. The van der Waals surface area contributed by atoms with E-state index in [1.165, 1.54) is 38.5 Å². The maximum absolute atomic E-state index is 10.8. The summed E-state index contributed by atoms with van der Waals surface area (Å²) in [6.45, 7) is 0. The van der Waals surface area contributed by atoms with Gasteiger partial charge < -0.3 is 5.73 Å². The zero-order chi connectivity index (χ0) is 13.7. The Hall–Kier alpha value is -0.130. The van der Waals surface area contributed by atoms with Crippen LogP contribution >= 0.6 is 0 Å². The van der Waals surface area contributed by atoms with Crippen molar-refractivity contribution < 1.29 is 13.0 Å². The topological polar surface area (TPSA) is 80.4 Å². The molecule has 19 heavy (non-hydrogen) atoms. The van der Waals surface area contributed by atoms with Gasteiger partial charge in [0.05, 0.1) is 5.75 Å². The predicted octanol–water partition coefficient (Wildman–Crippen LogP) is 2.20. The number of hydrogen-bond donors (Lipinski definition) is 2. The van der Waals surface area contributed by atoms with Gasteiger partial charge in [-0.25, -0.2) is 0 Å². The zero-order valence-corrected chi connectivity index (χ0v) is 12.2. The second-order valence-corrected chi connectivity index (χ2v) is 9.03. The van der Waals surface area contributed by atoms with Gasteiger partial charge in [0.15, 0.2) is 0 Å². The third-order valence-electron chi connectivity index (χ3n) is 5.61. The lowest BCUT2D eigenvalue weighted by atomic mass is 9.48. The van der Waals surface area contributed by atoms with E-state index in [0.717, 1.165) is 24.2 Å². The van der Waals surface area contributed by atoms with E-state index >= 15 is 0 Å². The summed E-state index contributed by atoms with van der Waals surface area (Å²) in [5.41, 5.74) is 6.52. The van der Waals surface area contributed by atoms with Crippen LogP contribution in [0.1, 0.15) is 51.4 Å². The molecule has 4 fully saturated rings. The Morgan fingerprint density at radius 2 is 1.58 bits per heavy atom. The average Bonchev–Trinajstić information content (AvgIpc) is 2.22. The molecule has 0 heterocycles. The van der Waals surface area contributed by atoms with Gasteiger partial charge in [0.1, 0.15) is 0 Å². The van der Waals surface area contributed by atoms with Gasteiger partial charge in [-0.15, -0.1) is 0 Å². The summed E-state index contributed by atoms with van der Waals surface area (Å²) in [7, 11) is -3.87. The van der Waals surface area contributed by atoms with Gasteiger partial charge in [0, 0.05) is 6.04 Å². The van der Waals surface area contributed by atoms with Crippen LogP contribution in [0.25, 0.3) is 0 Å². The minimum atomic E-state index is -3.87. The number of rotatable bonds is 5. The molecule has 0 aromatic rings. The van der Waals surface area contributed by atoms with Gasteiger partial charge in [-0.2, -0.15) is 8.42 Å². The lowest BCUT2D eigenvalue weighted by molar-refractivity contribution is -0.0604. The van der Waals surface area contributed by atoms with Crippen molar-refractivity contribution in [2.45, 2.75) is 57.4 Å². The average molecular weight is 287 g/mol. The second kappa shape index (κ2) is 4.71. The molecule has 5 heteroatoms. The first-order chi connectivity index (χ1) is 8.84. The van der Waals surface area contributed by atoms with Crippen LogP contribution in [-0.4, -0.2) is 24.8 Å². The molecule has 4 bridgehead atoms. The fourth-order valence-electron chi connectivity index (χ4n) is 5.50. The molecule has 4 aliphatic rings. The van der Waals surface area contributed by atoms with E-state index in [-0.39, 0.29) is 11.8 Å². The minimum absolute atomic E-state index is 0.0850. The Labute approximate surface area is 115 Å². The van der Waals surface area contributed by atoms with E-state index in [2.05, 4.69) is 0 Å². The van der Waals surface area contributed by atoms with Crippen LogP contribution < -0.4 is 5.73 Å². The molecule has 4 aliphatic carbocycles. The van der Waals surface area contributed by atoms with E-state index in [4.69, 9.17) is 10.3 Å². The first-order valence-electron chi connectivity index (χ1n) is 7.54. The highest BCUT2D eigenvalue weighted by Crippen LogP contribution is 2.61. The predicted molar refractivity (Wildman–Crippen MR) is 74.2 cm³/mol. The fraction of sp³-hybridized carbons (Fsp3) is 1.00. The summed E-state index contributed by atoms with van der Waals surface area (Å²) < 4.78 is 30.4. The van der Waals surface area contributed by atoms with Crippen molar-refractivity contribution in [3.63, 3.8) is 0 Å². The van der Waals surface area contributed by atoms with Crippen molar-refractivity contribution in [3.8, 4) is 0 Å². The summed E-state index contributed by atoms with van der Waals surface area (Å²) >= 11 is 0. The Balaban J connectivity index is 1.60. The van der Waals surface area contributed by atoms with Gasteiger partial charge in [0.2, 0.25) is 0 Å². The minimum Gasteiger partial charge on any atom is -0.328 e. The van der Waals surface area contributed by atoms with E-state index in [9.17, 15) is 8.42 Å². The molecule has 4 nitrogen and oxygen atoms in total.